The Hall–Kier alpha value is -1.90. The second kappa shape index (κ2) is 6.47. The first-order chi connectivity index (χ1) is 10.7. The number of aromatic nitrogens is 1. The van der Waals surface area contributed by atoms with Crippen LogP contribution < -0.4 is 5.32 Å². The van der Waals surface area contributed by atoms with Crippen molar-refractivity contribution in [1.82, 2.24) is 10.3 Å². The van der Waals surface area contributed by atoms with Gasteiger partial charge in [-0.3, -0.25) is 9.78 Å². The number of nitrogens with one attached hydrogen (secondary N) is 1. The maximum absolute atomic E-state index is 12.6. The minimum Gasteiger partial charge on any atom is -0.349 e. The molecule has 0 radical (unpaired) electrons. The number of aryl methyl sites for hydroxylation is 1. The first-order valence-electron chi connectivity index (χ1n) is 8.34. The minimum atomic E-state index is 0.0381. The summed E-state index contributed by atoms with van der Waals surface area (Å²) in [5.41, 5.74) is 2.60. The Morgan fingerprint density at radius 2 is 1.95 bits per heavy atom. The zero-order chi connectivity index (χ0) is 15.5. The van der Waals surface area contributed by atoms with Crippen LogP contribution in [0.5, 0.6) is 0 Å². The van der Waals surface area contributed by atoms with Gasteiger partial charge >= 0.3 is 0 Å². The van der Waals surface area contributed by atoms with E-state index in [2.05, 4.69) is 17.2 Å². The molecule has 1 aromatic heterocycles. The summed E-state index contributed by atoms with van der Waals surface area (Å²) >= 11 is 0. The van der Waals surface area contributed by atoms with Crippen LogP contribution in [0.15, 0.2) is 30.3 Å². The lowest BCUT2D eigenvalue weighted by Gasteiger charge is -2.28. The molecule has 1 aliphatic rings. The maximum atomic E-state index is 12.6. The number of pyridine rings is 1. The van der Waals surface area contributed by atoms with E-state index in [4.69, 9.17) is 0 Å². The normalized spacial score (nSPS) is 21.7. The van der Waals surface area contributed by atoms with Crippen LogP contribution in [-0.2, 0) is 0 Å². The molecular weight excluding hydrogens is 272 g/mol. The third-order valence-corrected chi connectivity index (χ3v) is 4.88. The van der Waals surface area contributed by atoms with Crippen LogP contribution in [0.25, 0.3) is 10.9 Å². The number of carbonyl (C=O) groups is 1. The summed E-state index contributed by atoms with van der Waals surface area (Å²) in [7, 11) is 0. The van der Waals surface area contributed by atoms with E-state index < -0.39 is 0 Å². The summed E-state index contributed by atoms with van der Waals surface area (Å²) in [4.78, 5) is 17.1. The van der Waals surface area contributed by atoms with Gasteiger partial charge in [-0.15, -0.1) is 0 Å². The number of hydrogen-bond donors (Lipinski definition) is 1. The SMILES string of the molecule is CCC1CCC(NC(=O)c2cccc3nc(C)ccc23)CC1. The molecule has 0 spiro atoms. The fourth-order valence-electron chi connectivity index (χ4n) is 3.43. The van der Waals surface area contributed by atoms with Crippen LogP contribution in [0.3, 0.4) is 0 Å². The molecule has 0 bridgehead atoms. The lowest BCUT2D eigenvalue weighted by atomic mass is 9.84. The number of nitrogens with zero attached hydrogens (tertiary/aromatic N) is 1. The first kappa shape index (κ1) is 15.0. The largest absolute Gasteiger partial charge is 0.349 e. The molecule has 3 nitrogen and oxygen atoms in total. The van der Waals surface area contributed by atoms with E-state index in [1.165, 1.54) is 19.3 Å². The number of hydrogen-bond acceptors (Lipinski definition) is 2. The molecule has 3 heteroatoms. The molecule has 1 heterocycles. The Morgan fingerprint density at radius 1 is 1.18 bits per heavy atom. The molecular formula is C19H24N2O. The molecule has 1 saturated carbocycles. The van der Waals surface area contributed by atoms with Crippen LogP contribution >= 0.6 is 0 Å². The summed E-state index contributed by atoms with van der Waals surface area (Å²) in [6.07, 6.45) is 5.93. The van der Waals surface area contributed by atoms with E-state index in [9.17, 15) is 4.79 Å². The summed E-state index contributed by atoms with van der Waals surface area (Å²) in [6, 6.07) is 10.1. The fraction of sp³-hybridized carbons (Fsp3) is 0.474. The van der Waals surface area contributed by atoms with Crippen molar-refractivity contribution in [3.8, 4) is 0 Å². The molecule has 1 aromatic carbocycles. The standard InChI is InChI=1S/C19H24N2O/c1-3-14-8-10-15(11-9-14)21-19(22)17-5-4-6-18-16(17)12-7-13(2)20-18/h4-7,12,14-15H,3,8-11H2,1-2H3,(H,21,22). The highest BCUT2D eigenvalue weighted by atomic mass is 16.1. The van der Waals surface area contributed by atoms with Gasteiger partial charge in [-0.2, -0.15) is 0 Å². The van der Waals surface area contributed by atoms with Crippen LogP contribution in [0.4, 0.5) is 0 Å². The Labute approximate surface area is 132 Å². The van der Waals surface area contributed by atoms with E-state index in [1.54, 1.807) is 0 Å². The van der Waals surface area contributed by atoms with E-state index in [1.807, 2.05) is 37.3 Å². The zero-order valence-corrected chi connectivity index (χ0v) is 13.4. The van der Waals surface area contributed by atoms with Crippen molar-refractivity contribution in [3.05, 3.63) is 41.6 Å². The molecule has 1 amide bonds. The quantitative estimate of drug-likeness (QED) is 0.920. The first-order valence-corrected chi connectivity index (χ1v) is 8.34. The Balaban J connectivity index is 1.75. The van der Waals surface area contributed by atoms with Gasteiger partial charge in [0.2, 0.25) is 0 Å². The van der Waals surface area contributed by atoms with Crippen molar-refractivity contribution in [2.45, 2.75) is 52.0 Å². The van der Waals surface area contributed by atoms with Gasteiger partial charge in [0.1, 0.15) is 0 Å². The fourth-order valence-corrected chi connectivity index (χ4v) is 3.43. The number of benzene rings is 1. The molecule has 22 heavy (non-hydrogen) atoms. The van der Waals surface area contributed by atoms with Gasteiger partial charge in [0, 0.05) is 22.7 Å². The lowest BCUT2D eigenvalue weighted by molar-refractivity contribution is 0.0923. The van der Waals surface area contributed by atoms with Gasteiger partial charge in [-0.25, -0.2) is 0 Å². The predicted octanol–water partition coefficient (Wildman–Crippen LogP) is 4.24. The third kappa shape index (κ3) is 3.13. The van der Waals surface area contributed by atoms with E-state index in [0.717, 1.165) is 40.9 Å². The van der Waals surface area contributed by atoms with Crippen LogP contribution in [0.2, 0.25) is 0 Å². The van der Waals surface area contributed by atoms with Gasteiger partial charge in [-0.05, 0) is 56.7 Å². The van der Waals surface area contributed by atoms with Crippen molar-refractivity contribution in [2.75, 3.05) is 0 Å². The minimum absolute atomic E-state index is 0.0381. The number of fused-ring (bicyclic) bond motifs is 1. The second-order valence-corrected chi connectivity index (χ2v) is 6.42. The summed E-state index contributed by atoms with van der Waals surface area (Å²) < 4.78 is 0. The molecule has 0 saturated heterocycles. The monoisotopic (exact) mass is 296 g/mol. The molecule has 116 valence electrons. The molecule has 1 N–H and O–H groups in total. The van der Waals surface area contributed by atoms with Gasteiger partial charge in [-0.1, -0.05) is 25.5 Å². The molecule has 1 fully saturated rings. The zero-order valence-electron chi connectivity index (χ0n) is 13.4. The van der Waals surface area contributed by atoms with Gasteiger partial charge in [0.05, 0.1) is 5.52 Å². The summed E-state index contributed by atoms with van der Waals surface area (Å²) in [6.45, 7) is 4.23. The lowest BCUT2D eigenvalue weighted by Crippen LogP contribution is -2.37. The van der Waals surface area contributed by atoms with Crippen molar-refractivity contribution >= 4 is 16.8 Å². The van der Waals surface area contributed by atoms with Gasteiger partial charge in [0.25, 0.3) is 5.91 Å². The van der Waals surface area contributed by atoms with Crippen molar-refractivity contribution in [2.24, 2.45) is 5.92 Å². The van der Waals surface area contributed by atoms with Crippen LogP contribution in [0, 0.1) is 12.8 Å². The highest BCUT2D eigenvalue weighted by Gasteiger charge is 2.22. The highest BCUT2D eigenvalue weighted by Crippen LogP contribution is 2.27. The number of rotatable bonds is 3. The van der Waals surface area contributed by atoms with Gasteiger partial charge in [0.15, 0.2) is 0 Å². The van der Waals surface area contributed by atoms with Gasteiger partial charge < -0.3 is 5.32 Å². The van der Waals surface area contributed by atoms with E-state index >= 15 is 0 Å². The highest BCUT2D eigenvalue weighted by molar-refractivity contribution is 6.06. The smallest absolute Gasteiger partial charge is 0.252 e. The number of amides is 1. The van der Waals surface area contributed by atoms with Crippen molar-refractivity contribution in [1.29, 1.82) is 0 Å². The molecule has 3 rings (SSSR count). The second-order valence-electron chi connectivity index (χ2n) is 6.42. The topological polar surface area (TPSA) is 42.0 Å². The Bertz CT molecular complexity index is 672. The van der Waals surface area contributed by atoms with E-state index in [0.29, 0.717) is 6.04 Å². The Morgan fingerprint density at radius 3 is 2.68 bits per heavy atom. The third-order valence-electron chi connectivity index (χ3n) is 4.88. The molecule has 2 aromatic rings. The maximum Gasteiger partial charge on any atom is 0.252 e. The number of carbonyl (C=O) groups excluding carboxylic acids is 1. The predicted molar refractivity (Wildman–Crippen MR) is 90.0 cm³/mol. The van der Waals surface area contributed by atoms with Crippen LogP contribution in [0.1, 0.15) is 55.1 Å². The summed E-state index contributed by atoms with van der Waals surface area (Å²) in [5, 5.41) is 4.16. The average molecular weight is 296 g/mol. The molecule has 0 aliphatic heterocycles. The van der Waals surface area contributed by atoms with E-state index in [-0.39, 0.29) is 5.91 Å². The average Bonchev–Trinajstić information content (AvgIpc) is 2.54. The summed E-state index contributed by atoms with van der Waals surface area (Å²) in [5.74, 6) is 0.883. The van der Waals surface area contributed by atoms with Crippen molar-refractivity contribution in [3.63, 3.8) is 0 Å². The molecule has 0 atom stereocenters. The molecule has 1 aliphatic carbocycles. The Kier molecular flexibility index (Phi) is 4.41. The molecule has 0 unspecified atom stereocenters. The van der Waals surface area contributed by atoms with Crippen LogP contribution in [-0.4, -0.2) is 16.9 Å². The van der Waals surface area contributed by atoms with Crippen molar-refractivity contribution < 1.29 is 4.79 Å².